The summed E-state index contributed by atoms with van der Waals surface area (Å²) in [5, 5.41) is 17.4. The summed E-state index contributed by atoms with van der Waals surface area (Å²) < 4.78 is 0. The van der Waals surface area contributed by atoms with Crippen LogP contribution in [0.2, 0.25) is 0 Å². The first-order valence-electron chi connectivity index (χ1n) is 4.75. The van der Waals surface area contributed by atoms with E-state index in [-0.39, 0.29) is 34.4 Å². The average molecular weight is 238 g/mol. The first kappa shape index (κ1) is 9.93. The van der Waals surface area contributed by atoms with E-state index >= 15 is 0 Å². The Morgan fingerprint density at radius 3 is 1.67 bits per heavy atom. The Balaban J connectivity index is 2.28. The smallest absolute Gasteiger partial charge is 0.234 e. The molecule has 0 saturated carbocycles. The molecule has 0 bridgehead atoms. The summed E-state index contributed by atoms with van der Waals surface area (Å²) in [4.78, 5) is 36.3. The van der Waals surface area contributed by atoms with E-state index in [9.17, 15) is 9.59 Å². The molecule has 8 nitrogen and oxygen atoms in total. The molecular formula is C10H2N6O2. The minimum absolute atomic E-state index is 0.0582. The molecule has 0 aliphatic heterocycles. The highest BCUT2D eigenvalue weighted by Crippen LogP contribution is 2.23. The quantitative estimate of drug-likeness (QED) is 0.548. The van der Waals surface area contributed by atoms with Gasteiger partial charge in [-0.3, -0.25) is 9.59 Å². The van der Waals surface area contributed by atoms with Crippen LogP contribution in [0.25, 0.3) is 0 Å². The number of ketones is 2. The lowest BCUT2D eigenvalue weighted by Crippen LogP contribution is -2.20. The fourth-order valence-corrected chi connectivity index (χ4v) is 1.75. The number of rotatable bonds is 0. The van der Waals surface area contributed by atoms with Crippen molar-refractivity contribution in [1.82, 2.24) is 19.9 Å². The number of hydrogen-bond donors (Lipinski definition) is 2. The second-order valence-electron chi connectivity index (χ2n) is 3.50. The van der Waals surface area contributed by atoms with Gasteiger partial charge in [0.2, 0.25) is 23.2 Å². The van der Waals surface area contributed by atoms with E-state index < -0.39 is 11.6 Å². The van der Waals surface area contributed by atoms with Crippen LogP contribution in [-0.4, -0.2) is 31.5 Å². The van der Waals surface area contributed by atoms with E-state index in [1.807, 2.05) is 0 Å². The second kappa shape index (κ2) is 3.12. The third-order valence-corrected chi connectivity index (χ3v) is 2.50. The van der Waals surface area contributed by atoms with Crippen LogP contribution < -0.4 is 0 Å². The third-order valence-electron chi connectivity index (χ3n) is 2.50. The zero-order valence-electron chi connectivity index (χ0n) is 8.61. The van der Waals surface area contributed by atoms with Gasteiger partial charge in [0, 0.05) is 0 Å². The zero-order chi connectivity index (χ0) is 12.9. The number of nitrogens with one attached hydrogen (secondary N) is 2. The lowest BCUT2D eigenvalue weighted by Gasteiger charge is -2.05. The molecule has 8 heteroatoms. The van der Waals surface area contributed by atoms with Gasteiger partial charge in [0.25, 0.3) is 0 Å². The van der Waals surface area contributed by atoms with Gasteiger partial charge in [-0.15, -0.1) is 0 Å². The molecule has 0 spiro atoms. The monoisotopic (exact) mass is 238 g/mol. The molecule has 1 aliphatic carbocycles. The number of aromatic amines is 2. The van der Waals surface area contributed by atoms with Crippen molar-refractivity contribution in [3.8, 4) is 12.1 Å². The van der Waals surface area contributed by atoms with Gasteiger partial charge < -0.3 is 9.97 Å². The molecule has 0 radical (unpaired) electrons. The molecule has 0 fully saturated rings. The van der Waals surface area contributed by atoms with Crippen molar-refractivity contribution in [3.63, 3.8) is 0 Å². The Morgan fingerprint density at radius 1 is 0.833 bits per heavy atom. The molecule has 2 aromatic heterocycles. The van der Waals surface area contributed by atoms with Crippen LogP contribution >= 0.6 is 0 Å². The molecule has 3 rings (SSSR count). The molecular weight excluding hydrogens is 236 g/mol. The van der Waals surface area contributed by atoms with Gasteiger partial charge >= 0.3 is 0 Å². The topological polar surface area (TPSA) is 139 Å². The number of imidazole rings is 2. The predicted octanol–water partition coefficient (Wildman–Crippen LogP) is -0.348. The number of aromatic nitrogens is 4. The number of nitriles is 2. The van der Waals surface area contributed by atoms with Gasteiger partial charge in [0.15, 0.2) is 0 Å². The fraction of sp³-hybridized carbons (Fsp3) is 0. The summed E-state index contributed by atoms with van der Waals surface area (Å²) >= 11 is 0. The highest BCUT2D eigenvalue weighted by atomic mass is 16.1. The molecule has 0 atom stereocenters. The molecule has 0 unspecified atom stereocenters. The molecule has 0 aromatic carbocycles. The zero-order valence-corrected chi connectivity index (χ0v) is 8.61. The third kappa shape index (κ3) is 1.06. The van der Waals surface area contributed by atoms with Crippen molar-refractivity contribution in [2.45, 2.75) is 0 Å². The molecule has 18 heavy (non-hydrogen) atoms. The second-order valence-corrected chi connectivity index (χ2v) is 3.50. The SMILES string of the molecule is N#Cc1nc2c([nH]1)C(=O)c1[nH]c(C#N)nc1C2=O. The maximum Gasteiger partial charge on any atom is 0.234 e. The highest BCUT2D eigenvalue weighted by Gasteiger charge is 2.36. The van der Waals surface area contributed by atoms with Crippen molar-refractivity contribution in [2.75, 3.05) is 0 Å². The first-order valence-corrected chi connectivity index (χ1v) is 4.75. The summed E-state index contributed by atoms with van der Waals surface area (Å²) in [5.74, 6) is -1.36. The first-order chi connectivity index (χ1) is 8.65. The van der Waals surface area contributed by atoms with Gasteiger partial charge in [0.05, 0.1) is 0 Å². The van der Waals surface area contributed by atoms with E-state index in [0.29, 0.717) is 0 Å². The highest BCUT2D eigenvalue weighted by molar-refractivity contribution is 6.25. The summed E-state index contributed by atoms with van der Waals surface area (Å²) in [6, 6.07) is 3.43. The molecule has 2 heterocycles. The maximum atomic E-state index is 12.0. The van der Waals surface area contributed by atoms with Gasteiger partial charge in [0.1, 0.15) is 34.9 Å². The Morgan fingerprint density at radius 2 is 1.28 bits per heavy atom. The summed E-state index contributed by atoms with van der Waals surface area (Å²) in [6.45, 7) is 0. The van der Waals surface area contributed by atoms with Gasteiger partial charge in [-0.1, -0.05) is 0 Å². The molecule has 2 aromatic rings. The summed E-state index contributed by atoms with van der Waals surface area (Å²) in [5.41, 5.74) is -0.394. The average Bonchev–Trinajstić information content (AvgIpc) is 3.00. The van der Waals surface area contributed by atoms with Crippen LogP contribution in [0.5, 0.6) is 0 Å². The van der Waals surface area contributed by atoms with E-state index in [1.165, 1.54) is 0 Å². The minimum atomic E-state index is -0.588. The Labute approximate surface area is 98.9 Å². The van der Waals surface area contributed by atoms with E-state index in [4.69, 9.17) is 10.5 Å². The van der Waals surface area contributed by atoms with E-state index in [0.717, 1.165) is 0 Å². The van der Waals surface area contributed by atoms with Crippen LogP contribution in [-0.2, 0) is 0 Å². The van der Waals surface area contributed by atoms with Crippen LogP contribution in [0.4, 0.5) is 0 Å². The lowest BCUT2D eigenvalue weighted by atomic mass is 10.00. The number of nitrogens with zero attached hydrogens (tertiary/aromatic N) is 4. The molecule has 1 aliphatic rings. The molecule has 0 amide bonds. The fourth-order valence-electron chi connectivity index (χ4n) is 1.75. The standard InChI is InChI=1S/C10H2N6O2/c11-1-3-13-5-6(14-3)10(18)8-7(9(5)17)15-4(2-12)16-8/h(H,13,14)(H,15,16). The number of carbonyl (C=O) groups excluding carboxylic acids is 2. The number of carbonyl (C=O) groups is 2. The van der Waals surface area contributed by atoms with E-state index in [2.05, 4.69) is 19.9 Å². The predicted molar refractivity (Wildman–Crippen MR) is 53.5 cm³/mol. The Hall–Kier alpha value is -3.26. The molecule has 0 saturated heterocycles. The lowest BCUT2D eigenvalue weighted by molar-refractivity contribution is 0.0969. The summed E-state index contributed by atoms with van der Waals surface area (Å²) in [7, 11) is 0. The summed E-state index contributed by atoms with van der Waals surface area (Å²) in [6.07, 6.45) is 0. The van der Waals surface area contributed by atoms with Crippen LogP contribution in [0.1, 0.15) is 44.0 Å². The van der Waals surface area contributed by atoms with Crippen molar-refractivity contribution in [1.29, 1.82) is 10.5 Å². The van der Waals surface area contributed by atoms with E-state index in [1.54, 1.807) is 12.1 Å². The van der Waals surface area contributed by atoms with Crippen molar-refractivity contribution < 1.29 is 9.59 Å². The minimum Gasteiger partial charge on any atom is -0.326 e. The number of H-pyrrole nitrogens is 2. The normalized spacial score (nSPS) is 12.6. The van der Waals surface area contributed by atoms with Crippen LogP contribution in [0.3, 0.4) is 0 Å². The van der Waals surface area contributed by atoms with Gasteiger partial charge in [-0.25, -0.2) is 9.97 Å². The van der Waals surface area contributed by atoms with Crippen LogP contribution in [0, 0.1) is 22.7 Å². The number of fused-ring (bicyclic) bond motifs is 2. The Kier molecular flexibility index (Phi) is 1.72. The maximum absolute atomic E-state index is 12.0. The number of hydrogen-bond acceptors (Lipinski definition) is 6. The molecule has 84 valence electrons. The van der Waals surface area contributed by atoms with Crippen LogP contribution in [0.15, 0.2) is 0 Å². The largest absolute Gasteiger partial charge is 0.326 e. The molecule has 2 N–H and O–H groups in total. The van der Waals surface area contributed by atoms with Gasteiger partial charge in [-0.2, -0.15) is 10.5 Å². The van der Waals surface area contributed by atoms with Crippen molar-refractivity contribution >= 4 is 11.6 Å². The Bertz CT molecular complexity index is 682. The van der Waals surface area contributed by atoms with Crippen molar-refractivity contribution in [3.05, 3.63) is 34.4 Å². The van der Waals surface area contributed by atoms with Crippen molar-refractivity contribution in [2.24, 2.45) is 0 Å². The van der Waals surface area contributed by atoms with Gasteiger partial charge in [-0.05, 0) is 0 Å².